The molecule has 3 fully saturated rings. The summed E-state index contributed by atoms with van der Waals surface area (Å²) in [7, 11) is 0. The van der Waals surface area contributed by atoms with Crippen LogP contribution in [0.2, 0.25) is 0 Å². The highest BCUT2D eigenvalue weighted by Crippen LogP contribution is 2.54. The second-order valence-corrected chi connectivity index (χ2v) is 14.5. The molecule has 6 rings (SSSR count). The van der Waals surface area contributed by atoms with Crippen LogP contribution in [0.3, 0.4) is 0 Å². The molecule has 2 aromatic carbocycles. The number of aliphatic carboxylic acids is 1. The van der Waals surface area contributed by atoms with Crippen LogP contribution in [-0.4, -0.2) is 39.8 Å². The van der Waals surface area contributed by atoms with Crippen molar-refractivity contribution in [1.82, 2.24) is 0 Å². The topological polar surface area (TPSA) is 96.2 Å². The maximum Gasteiger partial charge on any atom is 0.306 e. The van der Waals surface area contributed by atoms with Gasteiger partial charge in [-0.3, -0.25) is 4.79 Å². The first-order valence-electron chi connectivity index (χ1n) is 16.6. The molecular formula is C37H47FO6. The molecule has 3 saturated carbocycles. The summed E-state index contributed by atoms with van der Waals surface area (Å²) in [5.74, 6) is 0.824. The van der Waals surface area contributed by atoms with E-state index in [1.807, 2.05) is 25.3 Å². The van der Waals surface area contributed by atoms with E-state index >= 15 is 0 Å². The second-order valence-electron chi connectivity index (χ2n) is 14.5. The molecule has 2 aromatic rings. The lowest BCUT2D eigenvalue weighted by atomic mass is 9.64. The first-order chi connectivity index (χ1) is 21.0. The Morgan fingerprint density at radius 1 is 1.07 bits per heavy atom. The van der Waals surface area contributed by atoms with Gasteiger partial charge < -0.3 is 24.8 Å². The van der Waals surface area contributed by atoms with E-state index in [1.165, 1.54) is 28.8 Å². The van der Waals surface area contributed by atoms with Crippen LogP contribution in [0.5, 0.6) is 5.75 Å². The van der Waals surface area contributed by atoms with E-state index in [1.54, 1.807) is 6.92 Å². The van der Waals surface area contributed by atoms with Crippen molar-refractivity contribution in [3.05, 3.63) is 65.2 Å². The van der Waals surface area contributed by atoms with Gasteiger partial charge in [0.2, 0.25) is 0 Å². The number of ether oxygens (including phenoxy) is 2. The molecule has 3 aliphatic carbocycles. The van der Waals surface area contributed by atoms with Gasteiger partial charge in [-0.05, 0) is 129 Å². The van der Waals surface area contributed by atoms with Crippen LogP contribution in [0.4, 0.5) is 4.39 Å². The zero-order valence-electron chi connectivity index (χ0n) is 26.1. The third-order valence-corrected chi connectivity index (χ3v) is 10.9. The molecule has 0 radical (unpaired) electrons. The van der Waals surface area contributed by atoms with Crippen LogP contribution >= 0.6 is 0 Å². The van der Waals surface area contributed by atoms with Crippen LogP contribution in [-0.2, 0) is 16.0 Å². The van der Waals surface area contributed by atoms with Gasteiger partial charge >= 0.3 is 5.97 Å². The highest BCUT2D eigenvalue weighted by atomic mass is 19.1. The van der Waals surface area contributed by atoms with Gasteiger partial charge in [0.15, 0.2) is 6.29 Å². The summed E-state index contributed by atoms with van der Waals surface area (Å²) in [6.45, 7) is 4.14. The third kappa shape index (κ3) is 6.69. The molecule has 0 unspecified atom stereocenters. The predicted octanol–water partition coefficient (Wildman–Crippen LogP) is 7.75. The van der Waals surface area contributed by atoms with Crippen molar-refractivity contribution in [2.45, 2.75) is 109 Å². The molecule has 6 nitrogen and oxygen atoms in total. The highest BCUT2D eigenvalue weighted by Gasteiger charge is 2.50. The molecule has 1 heterocycles. The number of hydrogen-bond donors (Lipinski definition) is 3. The summed E-state index contributed by atoms with van der Waals surface area (Å²) in [4.78, 5) is 11.3. The van der Waals surface area contributed by atoms with E-state index in [4.69, 9.17) is 9.47 Å². The van der Waals surface area contributed by atoms with Gasteiger partial charge in [-0.1, -0.05) is 32.0 Å². The van der Waals surface area contributed by atoms with Gasteiger partial charge in [0, 0.05) is 17.4 Å². The van der Waals surface area contributed by atoms with Gasteiger partial charge in [0.1, 0.15) is 17.2 Å². The lowest BCUT2D eigenvalue weighted by Gasteiger charge is -2.45. The van der Waals surface area contributed by atoms with Crippen LogP contribution in [0, 0.1) is 29.0 Å². The van der Waals surface area contributed by atoms with Gasteiger partial charge in [0.05, 0.1) is 18.8 Å². The molecule has 3 N–H and O–H groups in total. The van der Waals surface area contributed by atoms with Crippen LogP contribution in [0.1, 0.15) is 102 Å². The van der Waals surface area contributed by atoms with E-state index in [0.717, 1.165) is 81.1 Å². The molecule has 238 valence electrons. The number of rotatable bonds is 12. The zero-order valence-corrected chi connectivity index (χ0v) is 26.1. The van der Waals surface area contributed by atoms with E-state index in [2.05, 4.69) is 12.1 Å². The molecule has 4 aliphatic rings. The van der Waals surface area contributed by atoms with Crippen molar-refractivity contribution in [2.24, 2.45) is 23.2 Å². The first-order valence-corrected chi connectivity index (χ1v) is 16.6. The van der Waals surface area contributed by atoms with E-state index < -0.39 is 23.6 Å². The summed E-state index contributed by atoms with van der Waals surface area (Å²) in [6.07, 6.45) is 11.8. The molecule has 7 heteroatoms. The quantitative estimate of drug-likeness (QED) is 0.169. The average molecular weight is 607 g/mol. The molecular weight excluding hydrogens is 559 g/mol. The fourth-order valence-corrected chi connectivity index (χ4v) is 7.78. The van der Waals surface area contributed by atoms with Gasteiger partial charge in [-0.25, -0.2) is 4.39 Å². The molecule has 0 aromatic heterocycles. The Hall–Kier alpha value is -2.90. The van der Waals surface area contributed by atoms with Gasteiger partial charge in [-0.15, -0.1) is 0 Å². The van der Waals surface area contributed by atoms with Crippen molar-refractivity contribution in [1.29, 1.82) is 0 Å². The summed E-state index contributed by atoms with van der Waals surface area (Å²) in [5.41, 5.74) is 5.42. The Balaban J connectivity index is 1.12. The number of carboxylic acids is 1. The standard InChI is InChI=1S/C37H47FO6/c1-23(34(39)40)4-3-15-43-32-18-24(17-31(27-5-6-27)33(32)28-7-9-30(38)10-8-28)16-25-19-37(20-25)21-29(22-44-37)26-11-13-36(2,14-12-26)35(41)42/h7-10,17-18,22-23,25-27,35,41-42H,3-6,11-16,19-21H2,1-2H3,(H,39,40)/t23-,25?,26?,36?,37?/m0/s1. The Labute approximate surface area is 260 Å². The van der Waals surface area contributed by atoms with E-state index in [0.29, 0.717) is 37.2 Å². The summed E-state index contributed by atoms with van der Waals surface area (Å²) in [5, 5.41) is 28.8. The molecule has 44 heavy (non-hydrogen) atoms. The van der Waals surface area contributed by atoms with Crippen molar-refractivity contribution < 1.29 is 34.0 Å². The van der Waals surface area contributed by atoms with Crippen LogP contribution in [0.15, 0.2) is 48.2 Å². The lowest BCUT2D eigenvalue weighted by molar-refractivity contribution is -0.143. The number of aliphatic hydroxyl groups is 2. The van der Waals surface area contributed by atoms with Crippen LogP contribution in [0.25, 0.3) is 11.1 Å². The maximum absolute atomic E-state index is 13.8. The Morgan fingerprint density at radius 3 is 2.41 bits per heavy atom. The smallest absolute Gasteiger partial charge is 0.306 e. The molecule has 1 aliphatic heterocycles. The normalized spacial score (nSPS) is 28.8. The summed E-state index contributed by atoms with van der Waals surface area (Å²) in [6, 6.07) is 11.1. The van der Waals surface area contributed by atoms with Crippen LogP contribution < -0.4 is 4.74 Å². The molecule has 1 spiro atoms. The van der Waals surface area contributed by atoms with Gasteiger partial charge in [0.25, 0.3) is 0 Å². The average Bonchev–Trinajstić information content (AvgIpc) is 3.74. The number of benzene rings is 2. The monoisotopic (exact) mass is 606 g/mol. The fourth-order valence-electron chi connectivity index (χ4n) is 7.78. The molecule has 0 bridgehead atoms. The summed E-state index contributed by atoms with van der Waals surface area (Å²) < 4.78 is 26.6. The SMILES string of the molecule is C[C@@H](CCCOc1cc(CC2CC3(CC(C4CCC(C)(C(O)O)CC4)=CO3)C2)cc(C2CC2)c1-c1ccc(F)cc1)C(=O)O. The number of carbonyl (C=O) groups is 1. The number of halogens is 1. The Kier molecular flexibility index (Phi) is 8.82. The van der Waals surface area contributed by atoms with Crippen molar-refractivity contribution in [3.63, 3.8) is 0 Å². The summed E-state index contributed by atoms with van der Waals surface area (Å²) >= 11 is 0. The zero-order chi connectivity index (χ0) is 31.1. The third-order valence-electron chi connectivity index (χ3n) is 10.9. The van der Waals surface area contributed by atoms with Crippen molar-refractivity contribution in [3.8, 4) is 16.9 Å². The minimum Gasteiger partial charge on any atom is -0.495 e. The minimum atomic E-state index is -1.26. The van der Waals surface area contributed by atoms with Crippen molar-refractivity contribution in [2.75, 3.05) is 6.61 Å². The van der Waals surface area contributed by atoms with E-state index in [-0.39, 0.29) is 11.4 Å². The first kappa shape index (κ1) is 31.1. The van der Waals surface area contributed by atoms with Gasteiger partial charge in [-0.2, -0.15) is 0 Å². The molecule has 0 saturated heterocycles. The number of aliphatic hydroxyl groups excluding tert-OH is 1. The highest BCUT2D eigenvalue weighted by molar-refractivity contribution is 5.76. The fraction of sp³-hybridized carbons (Fsp3) is 0.595. The molecule has 1 atom stereocenters. The van der Waals surface area contributed by atoms with E-state index in [9.17, 15) is 24.5 Å². The predicted molar refractivity (Wildman–Crippen MR) is 167 cm³/mol. The van der Waals surface area contributed by atoms with Crippen molar-refractivity contribution >= 4 is 5.97 Å². The Morgan fingerprint density at radius 2 is 1.77 bits per heavy atom. The largest absolute Gasteiger partial charge is 0.495 e. The number of hydrogen-bond acceptors (Lipinski definition) is 5. The molecule has 0 amide bonds. The Bertz CT molecular complexity index is 1360. The lowest BCUT2D eigenvalue weighted by Crippen LogP contribution is -2.44. The minimum absolute atomic E-state index is 0.0925. The number of carboxylic acid groups (broad SMARTS) is 1. The second kappa shape index (κ2) is 12.5. The maximum atomic E-state index is 13.8.